The predicted octanol–water partition coefficient (Wildman–Crippen LogP) is -1.79. The van der Waals surface area contributed by atoms with Gasteiger partial charge in [0.25, 0.3) is 0 Å². The molecule has 0 radical (unpaired) electrons. The topological polar surface area (TPSA) is 98.0 Å². The van der Waals surface area contributed by atoms with Crippen LogP contribution in [0.4, 0.5) is 0 Å². The van der Waals surface area contributed by atoms with Gasteiger partial charge in [0.15, 0.2) is 6.29 Å². The normalized spacial score (nSPS) is 11.2. The van der Waals surface area contributed by atoms with Crippen LogP contribution in [0.15, 0.2) is 0 Å². The van der Waals surface area contributed by atoms with Gasteiger partial charge in [0.2, 0.25) is 0 Å². The maximum Gasteiger partial charge on any atom is 0.169 e. The molecule has 6 N–H and O–H groups in total. The highest BCUT2D eigenvalue weighted by Crippen LogP contribution is 1.98. The molecule has 0 aromatic carbocycles. The van der Waals surface area contributed by atoms with E-state index >= 15 is 0 Å². The molecular formula is C4H13NO3. The number of nitrogens with two attached hydrogens (primary N) is 1. The third kappa shape index (κ3) is 4.01. The third-order valence-electron chi connectivity index (χ3n) is 0.665. The van der Waals surface area contributed by atoms with Crippen LogP contribution in [-0.2, 0) is 0 Å². The number of rotatable bonds is 1. The summed E-state index contributed by atoms with van der Waals surface area (Å²) in [6, 6.07) is 0. The highest BCUT2D eigenvalue weighted by molar-refractivity contribution is 4.72. The molecule has 0 aliphatic rings. The predicted molar refractivity (Wildman–Crippen MR) is 30.1 cm³/mol. The van der Waals surface area contributed by atoms with Gasteiger partial charge in [0.05, 0.1) is 5.54 Å². The van der Waals surface area contributed by atoms with E-state index in [1.54, 1.807) is 0 Å². The summed E-state index contributed by atoms with van der Waals surface area (Å²) in [5, 5.41) is 16.6. The van der Waals surface area contributed by atoms with Crippen LogP contribution in [0, 0.1) is 0 Å². The molecule has 8 heavy (non-hydrogen) atoms. The Morgan fingerprint density at radius 3 is 1.50 bits per heavy atom. The molecule has 0 aromatic heterocycles. The van der Waals surface area contributed by atoms with Crippen molar-refractivity contribution in [1.29, 1.82) is 0 Å². The number of aliphatic hydroxyl groups is 2. The second kappa shape index (κ2) is 2.99. The number of hydrogen-bond acceptors (Lipinski definition) is 3. The van der Waals surface area contributed by atoms with Crippen LogP contribution in [0.5, 0.6) is 0 Å². The largest absolute Gasteiger partial charge is 0.412 e. The molecule has 0 saturated carbocycles. The van der Waals surface area contributed by atoms with Crippen LogP contribution in [0.25, 0.3) is 0 Å². The zero-order valence-electron chi connectivity index (χ0n) is 5.05. The van der Waals surface area contributed by atoms with Gasteiger partial charge in [-0.1, -0.05) is 0 Å². The lowest BCUT2D eigenvalue weighted by atomic mass is 10.1. The minimum atomic E-state index is -1.42. The van der Waals surface area contributed by atoms with Gasteiger partial charge < -0.3 is 21.4 Å². The zero-order valence-corrected chi connectivity index (χ0v) is 5.05. The zero-order chi connectivity index (χ0) is 6.08. The average Bonchev–Trinajstić information content (AvgIpc) is 1.31. The fourth-order valence-corrected chi connectivity index (χ4v) is 0. The minimum absolute atomic E-state index is 0. The highest BCUT2D eigenvalue weighted by Gasteiger charge is 2.18. The van der Waals surface area contributed by atoms with Crippen molar-refractivity contribution in [2.75, 3.05) is 0 Å². The van der Waals surface area contributed by atoms with E-state index in [2.05, 4.69) is 0 Å². The van der Waals surface area contributed by atoms with Crippen LogP contribution in [0.1, 0.15) is 13.8 Å². The fraction of sp³-hybridized carbons (Fsp3) is 1.00. The lowest BCUT2D eigenvalue weighted by Crippen LogP contribution is -2.44. The summed E-state index contributed by atoms with van der Waals surface area (Å²) in [6.45, 7) is 3.08. The average molecular weight is 123 g/mol. The summed E-state index contributed by atoms with van der Waals surface area (Å²) in [5.41, 5.74) is 4.29. The Morgan fingerprint density at radius 1 is 1.38 bits per heavy atom. The van der Waals surface area contributed by atoms with Gasteiger partial charge in [0.1, 0.15) is 0 Å². The van der Waals surface area contributed by atoms with E-state index in [-0.39, 0.29) is 5.48 Å². The Bertz CT molecular complexity index is 56.8. The molecule has 0 aliphatic heterocycles. The molecule has 0 unspecified atom stereocenters. The molecule has 0 aliphatic carbocycles. The molecule has 0 spiro atoms. The lowest BCUT2D eigenvalue weighted by molar-refractivity contribution is -0.0848. The SMILES string of the molecule is CC(C)(N)C(O)O.O. The van der Waals surface area contributed by atoms with E-state index < -0.39 is 11.8 Å². The Hall–Kier alpha value is -0.160. The van der Waals surface area contributed by atoms with Crippen molar-refractivity contribution in [1.82, 2.24) is 0 Å². The van der Waals surface area contributed by atoms with Gasteiger partial charge in [0, 0.05) is 0 Å². The molecule has 0 fully saturated rings. The standard InChI is InChI=1S/C4H11NO2.H2O/c1-4(2,5)3(6)7;/h3,6-7H,5H2,1-2H3;1H2. The summed E-state index contributed by atoms with van der Waals surface area (Å²) in [7, 11) is 0. The van der Waals surface area contributed by atoms with Gasteiger partial charge in [-0.05, 0) is 13.8 Å². The Morgan fingerprint density at radius 2 is 1.50 bits per heavy atom. The van der Waals surface area contributed by atoms with Crippen LogP contribution >= 0.6 is 0 Å². The molecule has 0 atom stereocenters. The van der Waals surface area contributed by atoms with E-state index in [0.717, 1.165) is 0 Å². The molecule has 4 nitrogen and oxygen atoms in total. The molecule has 0 saturated heterocycles. The molecule has 0 amide bonds. The quantitative estimate of drug-likeness (QED) is 0.359. The Kier molecular flexibility index (Phi) is 4.01. The van der Waals surface area contributed by atoms with Crippen molar-refractivity contribution in [3.05, 3.63) is 0 Å². The summed E-state index contributed by atoms with van der Waals surface area (Å²) in [4.78, 5) is 0. The lowest BCUT2D eigenvalue weighted by Gasteiger charge is -2.19. The first-order valence-corrected chi connectivity index (χ1v) is 2.09. The second-order valence-electron chi connectivity index (χ2n) is 2.20. The summed E-state index contributed by atoms with van der Waals surface area (Å²) in [6.07, 6.45) is -1.42. The van der Waals surface area contributed by atoms with E-state index in [0.29, 0.717) is 0 Å². The highest BCUT2D eigenvalue weighted by atomic mass is 16.5. The van der Waals surface area contributed by atoms with Gasteiger partial charge in [-0.2, -0.15) is 0 Å². The molecule has 4 heteroatoms. The molecule has 52 valence electrons. The first-order valence-electron chi connectivity index (χ1n) is 2.09. The van der Waals surface area contributed by atoms with Gasteiger partial charge in [-0.3, -0.25) is 0 Å². The van der Waals surface area contributed by atoms with Crippen LogP contribution < -0.4 is 5.73 Å². The molecular weight excluding hydrogens is 110 g/mol. The molecule has 0 bridgehead atoms. The Labute approximate surface area is 48.2 Å². The summed E-state index contributed by atoms with van der Waals surface area (Å²) in [5.74, 6) is 0. The van der Waals surface area contributed by atoms with Crippen molar-refractivity contribution in [2.24, 2.45) is 5.73 Å². The number of aliphatic hydroxyl groups excluding tert-OH is 1. The first-order chi connectivity index (χ1) is 2.94. The first kappa shape index (κ1) is 10.8. The van der Waals surface area contributed by atoms with Gasteiger partial charge in [-0.15, -0.1) is 0 Å². The van der Waals surface area contributed by atoms with E-state index in [1.807, 2.05) is 0 Å². The maximum atomic E-state index is 8.32. The molecule has 0 rings (SSSR count). The monoisotopic (exact) mass is 123 g/mol. The van der Waals surface area contributed by atoms with Gasteiger partial charge >= 0.3 is 0 Å². The molecule has 0 aromatic rings. The van der Waals surface area contributed by atoms with Crippen molar-refractivity contribution in [3.8, 4) is 0 Å². The summed E-state index contributed by atoms with van der Waals surface area (Å²) < 4.78 is 0. The smallest absolute Gasteiger partial charge is 0.169 e. The Balaban J connectivity index is 0. The molecule has 0 heterocycles. The van der Waals surface area contributed by atoms with E-state index in [4.69, 9.17) is 15.9 Å². The summed E-state index contributed by atoms with van der Waals surface area (Å²) >= 11 is 0. The number of hydrogen-bond donors (Lipinski definition) is 3. The third-order valence-corrected chi connectivity index (χ3v) is 0.665. The van der Waals surface area contributed by atoms with Crippen molar-refractivity contribution >= 4 is 0 Å². The van der Waals surface area contributed by atoms with Crippen molar-refractivity contribution in [2.45, 2.75) is 25.7 Å². The maximum absolute atomic E-state index is 8.32. The fourth-order valence-electron chi connectivity index (χ4n) is 0. The van der Waals surface area contributed by atoms with Crippen molar-refractivity contribution < 1.29 is 15.7 Å². The van der Waals surface area contributed by atoms with E-state index in [9.17, 15) is 0 Å². The van der Waals surface area contributed by atoms with Crippen LogP contribution in [0.3, 0.4) is 0 Å². The van der Waals surface area contributed by atoms with E-state index in [1.165, 1.54) is 13.8 Å². The van der Waals surface area contributed by atoms with Crippen LogP contribution in [0.2, 0.25) is 0 Å². The minimum Gasteiger partial charge on any atom is -0.412 e. The van der Waals surface area contributed by atoms with Crippen molar-refractivity contribution in [3.63, 3.8) is 0 Å². The second-order valence-corrected chi connectivity index (χ2v) is 2.20. The van der Waals surface area contributed by atoms with Gasteiger partial charge in [-0.25, -0.2) is 0 Å². The van der Waals surface area contributed by atoms with Crippen LogP contribution in [-0.4, -0.2) is 27.5 Å².